The van der Waals surface area contributed by atoms with Crippen molar-refractivity contribution in [2.45, 2.75) is 19.9 Å². The molecule has 0 radical (unpaired) electrons. The van der Waals surface area contributed by atoms with Gasteiger partial charge < -0.3 is 15.4 Å². The molecule has 1 heterocycles. The van der Waals surface area contributed by atoms with E-state index in [4.69, 9.17) is 0 Å². The quantitative estimate of drug-likeness (QED) is 0.639. The van der Waals surface area contributed by atoms with Gasteiger partial charge in [0.1, 0.15) is 0 Å². The van der Waals surface area contributed by atoms with Gasteiger partial charge in [-0.2, -0.15) is 4.68 Å². The van der Waals surface area contributed by atoms with E-state index in [1.807, 2.05) is 0 Å². The van der Waals surface area contributed by atoms with Gasteiger partial charge in [0.05, 0.1) is 28.3 Å². The molecule has 0 saturated heterocycles. The number of nitro groups is 2. The van der Waals surface area contributed by atoms with Crippen LogP contribution in [0.15, 0.2) is 30.3 Å². The fraction of sp³-hybridized carbons (Fsp3) is 0.231. The molecule has 2 rings (SSSR count). The fourth-order valence-corrected chi connectivity index (χ4v) is 1.91. The maximum Gasteiger partial charge on any atom is 0.390 e. The highest BCUT2D eigenvalue weighted by atomic mass is 16.6. The van der Waals surface area contributed by atoms with Crippen molar-refractivity contribution in [2.24, 2.45) is 0 Å². The van der Waals surface area contributed by atoms with Crippen LogP contribution < -0.4 is 5.32 Å². The van der Waals surface area contributed by atoms with Crippen molar-refractivity contribution in [3.63, 3.8) is 0 Å². The van der Waals surface area contributed by atoms with Crippen molar-refractivity contribution in [3.8, 4) is 0 Å². The average Bonchev–Trinajstić information content (AvgIpc) is 2.87. The molecule has 0 bridgehead atoms. The number of benzene rings is 1. The van der Waals surface area contributed by atoms with Crippen molar-refractivity contribution >= 4 is 23.1 Å². The molecule has 0 fully saturated rings. The van der Waals surface area contributed by atoms with E-state index >= 15 is 0 Å². The number of aryl methyl sites for hydroxylation is 2. The number of non-ortho nitro benzene ring substituents is 1. The van der Waals surface area contributed by atoms with Gasteiger partial charge in [-0.25, -0.2) is 0 Å². The second kappa shape index (κ2) is 6.64. The molecule has 2 aromatic rings. The molecule has 120 valence electrons. The second-order valence-electron chi connectivity index (χ2n) is 4.73. The van der Waals surface area contributed by atoms with Crippen molar-refractivity contribution in [1.82, 2.24) is 9.78 Å². The Morgan fingerprint density at radius 2 is 1.87 bits per heavy atom. The molecule has 0 aliphatic carbocycles. The van der Waals surface area contributed by atoms with Crippen LogP contribution in [0.1, 0.15) is 12.1 Å². The number of nitrogens with zero attached hydrogens (tertiary/aromatic N) is 4. The Hall–Kier alpha value is -3.30. The molecule has 10 nitrogen and oxygen atoms in total. The molecular formula is C13H13N5O5. The minimum atomic E-state index is -0.597. The lowest BCUT2D eigenvalue weighted by atomic mass is 10.2. The maximum atomic E-state index is 11.8. The van der Waals surface area contributed by atoms with Gasteiger partial charge in [-0.05, 0) is 24.0 Å². The zero-order valence-electron chi connectivity index (χ0n) is 12.1. The van der Waals surface area contributed by atoms with E-state index in [-0.39, 0.29) is 30.4 Å². The highest BCUT2D eigenvalue weighted by Gasteiger charge is 2.16. The van der Waals surface area contributed by atoms with Crippen molar-refractivity contribution in [2.75, 3.05) is 5.32 Å². The summed E-state index contributed by atoms with van der Waals surface area (Å²) in [7, 11) is 0. The highest BCUT2D eigenvalue weighted by Crippen LogP contribution is 2.16. The lowest BCUT2D eigenvalue weighted by Gasteiger charge is -2.04. The number of amides is 1. The summed E-state index contributed by atoms with van der Waals surface area (Å²) in [5.74, 6) is -0.588. The Kier molecular flexibility index (Phi) is 4.64. The third-order valence-corrected chi connectivity index (χ3v) is 3.07. The van der Waals surface area contributed by atoms with Crippen LogP contribution in [-0.4, -0.2) is 25.5 Å². The van der Waals surface area contributed by atoms with E-state index < -0.39 is 9.85 Å². The van der Waals surface area contributed by atoms with Crippen LogP contribution in [0.25, 0.3) is 0 Å². The Morgan fingerprint density at radius 3 is 2.39 bits per heavy atom. The molecule has 0 saturated carbocycles. The number of nitrogens with one attached hydrogen (secondary N) is 1. The summed E-state index contributed by atoms with van der Waals surface area (Å²) in [5, 5.41) is 27.5. The number of carbonyl (C=O) groups excluding carboxylic acids is 1. The van der Waals surface area contributed by atoms with Crippen molar-refractivity contribution in [1.29, 1.82) is 0 Å². The highest BCUT2D eigenvalue weighted by molar-refractivity contribution is 5.90. The molecule has 0 atom stereocenters. The standard InChI is InChI=1S/C13H13N5O5/c1-9-8-12(18(22)23)15-16(9)7-6-13(19)14-10-2-4-11(5-3-10)17(20)21/h2-5,8H,6-7H2,1H3,(H,14,19). The van der Waals surface area contributed by atoms with Crippen LogP contribution in [0.5, 0.6) is 0 Å². The van der Waals surface area contributed by atoms with Crippen LogP contribution in [0.2, 0.25) is 0 Å². The van der Waals surface area contributed by atoms with Gasteiger partial charge in [-0.3, -0.25) is 14.9 Å². The van der Waals surface area contributed by atoms with Crippen LogP contribution in [0, 0.1) is 27.2 Å². The zero-order valence-corrected chi connectivity index (χ0v) is 12.1. The number of carbonyl (C=O) groups is 1. The van der Waals surface area contributed by atoms with Gasteiger partial charge in [0.2, 0.25) is 5.91 Å². The first-order chi connectivity index (χ1) is 10.9. The molecule has 0 aliphatic rings. The van der Waals surface area contributed by atoms with E-state index in [0.717, 1.165) is 0 Å². The third kappa shape index (κ3) is 4.09. The summed E-state index contributed by atoms with van der Waals surface area (Å²) in [6, 6.07) is 6.77. The monoisotopic (exact) mass is 319 g/mol. The number of rotatable bonds is 6. The van der Waals surface area contributed by atoms with Crippen LogP contribution >= 0.6 is 0 Å². The summed E-state index contributed by atoms with van der Waals surface area (Å²) in [6.07, 6.45) is 0.0661. The van der Waals surface area contributed by atoms with E-state index in [1.165, 1.54) is 35.0 Å². The first-order valence-electron chi connectivity index (χ1n) is 6.60. The molecule has 23 heavy (non-hydrogen) atoms. The van der Waals surface area contributed by atoms with Gasteiger partial charge in [0.15, 0.2) is 0 Å². The van der Waals surface area contributed by atoms with E-state index in [1.54, 1.807) is 6.92 Å². The van der Waals surface area contributed by atoms with Crippen molar-refractivity contribution < 1.29 is 14.6 Å². The summed E-state index contributed by atoms with van der Waals surface area (Å²) in [5.41, 5.74) is 0.950. The SMILES string of the molecule is Cc1cc([N+](=O)[O-])nn1CCC(=O)Nc1ccc([N+](=O)[O-])cc1. The minimum Gasteiger partial charge on any atom is -0.358 e. The maximum absolute atomic E-state index is 11.8. The van der Waals surface area contributed by atoms with E-state index in [0.29, 0.717) is 11.4 Å². The Bertz CT molecular complexity index is 753. The zero-order chi connectivity index (χ0) is 17.0. The van der Waals surface area contributed by atoms with E-state index in [2.05, 4.69) is 10.4 Å². The molecular weight excluding hydrogens is 306 g/mol. The van der Waals surface area contributed by atoms with Crippen LogP contribution in [0.4, 0.5) is 17.2 Å². The van der Waals surface area contributed by atoms with Crippen LogP contribution in [0.3, 0.4) is 0 Å². The minimum absolute atomic E-state index is 0.0661. The lowest BCUT2D eigenvalue weighted by Crippen LogP contribution is -2.15. The van der Waals surface area contributed by atoms with Gasteiger partial charge in [0.25, 0.3) is 5.69 Å². The first-order valence-corrected chi connectivity index (χ1v) is 6.60. The summed E-state index contributed by atoms with van der Waals surface area (Å²) in [4.78, 5) is 31.9. The van der Waals surface area contributed by atoms with Crippen molar-refractivity contribution in [3.05, 3.63) is 56.3 Å². The largest absolute Gasteiger partial charge is 0.390 e. The number of anilines is 1. The third-order valence-electron chi connectivity index (χ3n) is 3.07. The van der Waals surface area contributed by atoms with E-state index in [9.17, 15) is 25.0 Å². The van der Waals surface area contributed by atoms with Crippen LogP contribution in [-0.2, 0) is 11.3 Å². The molecule has 0 aliphatic heterocycles. The molecule has 0 unspecified atom stereocenters. The smallest absolute Gasteiger partial charge is 0.358 e. The summed E-state index contributed by atoms with van der Waals surface area (Å²) >= 11 is 0. The van der Waals surface area contributed by atoms with Gasteiger partial charge in [0, 0.05) is 24.2 Å². The van der Waals surface area contributed by atoms with Gasteiger partial charge in [-0.1, -0.05) is 0 Å². The summed E-state index contributed by atoms with van der Waals surface area (Å²) < 4.78 is 1.38. The molecule has 1 aromatic carbocycles. The Labute approximate surface area is 130 Å². The predicted octanol–water partition coefficient (Wildman–Crippen LogP) is 2.04. The molecule has 1 aromatic heterocycles. The number of nitro benzene ring substituents is 1. The number of hydrogen-bond donors (Lipinski definition) is 1. The second-order valence-corrected chi connectivity index (χ2v) is 4.73. The number of aromatic nitrogens is 2. The van der Waals surface area contributed by atoms with Gasteiger partial charge >= 0.3 is 5.82 Å². The average molecular weight is 319 g/mol. The molecule has 1 amide bonds. The molecule has 10 heteroatoms. The fourth-order valence-electron chi connectivity index (χ4n) is 1.91. The lowest BCUT2D eigenvalue weighted by molar-refractivity contribution is -0.389. The molecule has 0 spiro atoms. The topological polar surface area (TPSA) is 133 Å². The predicted molar refractivity (Wildman–Crippen MR) is 80.0 cm³/mol. The first kappa shape index (κ1) is 16.1. The van der Waals surface area contributed by atoms with Gasteiger partial charge in [-0.15, -0.1) is 0 Å². The summed E-state index contributed by atoms with van der Waals surface area (Å²) in [6.45, 7) is 1.85. The Balaban J connectivity index is 1.92. The Morgan fingerprint density at radius 1 is 1.22 bits per heavy atom. The molecule has 1 N–H and O–H groups in total. The normalized spacial score (nSPS) is 10.3. The number of hydrogen-bond acceptors (Lipinski definition) is 6.